The average Bonchev–Trinajstić information content (AvgIpc) is 3.05. The molecule has 0 spiro atoms. The van der Waals surface area contributed by atoms with Gasteiger partial charge in [0.2, 0.25) is 17.6 Å². The van der Waals surface area contributed by atoms with Gasteiger partial charge in [0.1, 0.15) is 5.82 Å². The summed E-state index contributed by atoms with van der Waals surface area (Å²) in [5.41, 5.74) is 2.03. The first kappa shape index (κ1) is 18.2. The smallest absolute Gasteiger partial charge is 0.241 e. The molecule has 1 amide bonds. The quantitative estimate of drug-likeness (QED) is 0.664. The number of carbonyl (C=O) groups is 1. The van der Waals surface area contributed by atoms with E-state index in [0.717, 1.165) is 15.6 Å². The zero-order chi connectivity index (χ0) is 18.5. The van der Waals surface area contributed by atoms with E-state index >= 15 is 0 Å². The summed E-state index contributed by atoms with van der Waals surface area (Å²) in [6.45, 7) is 2.57. The van der Waals surface area contributed by atoms with Crippen LogP contribution in [0.2, 0.25) is 0 Å². The Morgan fingerprint density at radius 2 is 2.15 bits per heavy atom. The molecule has 1 aromatic carbocycles. The van der Waals surface area contributed by atoms with E-state index in [0.29, 0.717) is 24.1 Å². The summed E-state index contributed by atoms with van der Waals surface area (Å²) >= 11 is 3.31. The molecule has 0 saturated heterocycles. The van der Waals surface area contributed by atoms with Crippen LogP contribution in [0, 0.1) is 6.92 Å². The van der Waals surface area contributed by atoms with Gasteiger partial charge < -0.3 is 9.84 Å². The Balaban J connectivity index is 1.55. The number of hydrogen-bond donors (Lipinski definition) is 1. The fraction of sp³-hybridized carbons (Fsp3) is 0.222. The first-order chi connectivity index (χ1) is 12.5. The first-order valence-electron chi connectivity index (χ1n) is 7.99. The minimum Gasteiger partial charge on any atom is -0.338 e. The standard InChI is InChI=1S/C18H18BrN5O2/c1-12-4-3-5-13(8-12)18-22-17(26-23-18)11-24(2)10-16(25)21-15-7-6-14(19)9-20-15/h3-9H,10-11H2,1-2H3,(H,20,21,25). The fourth-order valence-electron chi connectivity index (χ4n) is 2.38. The van der Waals surface area contributed by atoms with Crippen molar-refractivity contribution in [1.29, 1.82) is 0 Å². The average molecular weight is 416 g/mol. The molecular weight excluding hydrogens is 398 g/mol. The van der Waals surface area contributed by atoms with E-state index < -0.39 is 0 Å². The lowest BCUT2D eigenvalue weighted by Gasteiger charge is -2.13. The summed E-state index contributed by atoms with van der Waals surface area (Å²) in [4.78, 5) is 22.4. The van der Waals surface area contributed by atoms with E-state index in [1.807, 2.05) is 44.3 Å². The Hall–Kier alpha value is -2.58. The summed E-state index contributed by atoms with van der Waals surface area (Å²) in [6, 6.07) is 11.4. The molecule has 7 nitrogen and oxygen atoms in total. The minimum atomic E-state index is -0.166. The predicted molar refractivity (Wildman–Crippen MR) is 101 cm³/mol. The van der Waals surface area contributed by atoms with Crippen molar-refractivity contribution in [3.8, 4) is 11.4 Å². The molecule has 0 saturated carbocycles. The summed E-state index contributed by atoms with van der Waals surface area (Å²) < 4.78 is 6.15. The number of anilines is 1. The van der Waals surface area contributed by atoms with Crippen molar-refractivity contribution < 1.29 is 9.32 Å². The number of likely N-dealkylation sites (N-methyl/N-ethyl adjacent to an activating group) is 1. The third-order valence-corrected chi connectivity index (χ3v) is 4.03. The number of nitrogens with one attached hydrogen (secondary N) is 1. The molecule has 134 valence electrons. The molecule has 2 aromatic heterocycles. The maximum Gasteiger partial charge on any atom is 0.241 e. The lowest BCUT2D eigenvalue weighted by atomic mass is 10.1. The Morgan fingerprint density at radius 3 is 2.88 bits per heavy atom. The molecule has 0 aliphatic rings. The molecule has 2 heterocycles. The third kappa shape index (κ3) is 4.96. The molecule has 3 rings (SSSR count). The van der Waals surface area contributed by atoms with Crippen LogP contribution in [0.15, 0.2) is 51.6 Å². The highest BCUT2D eigenvalue weighted by Crippen LogP contribution is 2.17. The molecule has 26 heavy (non-hydrogen) atoms. The maximum absolute atomic E-state index is 12.1. The zero-order valence-corrected chi connectivity index (χ0v) is 16.0. The number of rotatable bonds is 6. The van der Waals surface area contributed by atoms with Crippen molar-refractivity contribution in [1.82, 2.24) is 20.0 Å². The van der Waals surface area contributed by atoms with Gasteiger partial charge in [-0.2, -0.15) is 4.98 Å². The van der Waals surface area contributed by atoms with Gasteiger partial charge in [0.05, 0.1) is 13.1 Å². The van der Waals surface area contributed by atoms with Gasteiger partial charge in [0.15, 0.2) is 0 Å². The highest BCUT2D eigenvalue weighted by atomic mass is 79.9. The Morgan fingerprint density at radius 1 is 1.31 bits per heavy atom. The highest BCUT2D eigenvalue weighted by molar-refractivity contribution is 9.10. The van der Waals surface area contributed by atoms with Crippen LogP contribution in [0.1, 0.15) is 11.5 Å². The molecule has 1 N–H and O–H groups in total. The lowest BCUT2D eigenvalue weighted by Crippen LogP contribution is -2.30. The van der Waals surface area contributed by atoms with Crippen molar-refractivity contribution in [3.63, 3.8) is 0 Å². The van der Waals surface area contributed by atoms with Crippen LogP contribution in [0.5, 0.6) is 0 Å². The van der Waals surface area contributed by atoms with Crippen LogP contribution in [0.4, 0.5) is 5.82 Å². The number of benzene rings is 1. The van der Waals surface area contributed by atoms with Crippen molar-refractivity contribution in [2.24, 2.45) is 0 Å². The second-order valence-corrected chi connectivity index (χ2v) is 6.88. The number of hydrogen-bond acceptors (Lipinski definition) is 6. The van der Waals surface area contributed by atoms with E-state index in [1.165, 1.54) is 0 Å². The molecular formula is C18H18BrN5O2. The van der Waals surface area contributed by atoms with E-state index in [-0.39, 0.29) is 12.5 Å². The second-order valence-electron chi connectivity index (χ2n) is 5.96. The van der Waals surface area contributed by atoms with Crippen molar-refractivity contribution in [2.45, 2.75) is 13.5 Å². The monoisotopic (exact) mass is 415 g/mol. The number of amides is 1. The van der Waals surface area contributed by atoms with Crippen LogP contribution in [0.25, 0.3) is 11.4 Å². The molecule has 0 unspecified atom stereocenters. The van der Waals surface area contributed by atoms with E-state index in [2.05, 4.69) is 36.4 Å². The van der Waals surface area contributed by atoms with Crippen LogP contribution < -0.4 is 5.32 Å². The highest BCUT2D eigenvalue weighted by Gasteiger charge is 2.13. The van der Waals surface area contributed by atoms with Gasteiger partial charge in [-0.15, -0.1) is 0 Å². The van der Waals surface area contributed by atoms with Gasteiger partial charge in [-0.1, -0.05) is 28.9 Å². The Kier molecular flexibility index (Phi) is 5.75. The Labute approximate surface area is 159 Å². The van der Waals surface area contributed by atoms with E-state index in [9.17, 15) is 4.79 Å². The molecule has 0 atom stereocenters. The summed E-state index contributed by atoms with van der Waals surface area (Å²) in [5.74, 6) is 1.34. The van der Waals surface area contributed by atoms with Crippen LogP contribution in [0.3, 0.4) is 0 Å². The maximum atomic E-state index is 12.1. The molecule has 0 fully saturated rings. The van der Waals surface area contributed by atoms with Crippen LogP contribution >= 0.6 is 15.9 Å². The normalized spacial score (nSPS) is 10.9. The summed E-state index contributed by atoms with van der Waals surface area (Å²) in [6.07, 6.45) is 1.63. The SMILES string of the molecule is Cc1cccc(-c2noc(CN(C)CC(=O)Nc3ccc(Br)cn3)n2)c1. The number of aromatic nitrogens is 3. The molecule has 0 aliphatic carbocycles. The van der Waals surface area contributed by atoms with Crippen LogP contribution in [-0.2, 0) is 11.3 Å². The fourth-order valence-corrected chi connectivity index (χ4v) is 2.62. The number of nitrogens with zero attached hydrogens (tertiary/aromatic N) is 4. The summed E-state index contributed by atoms with van der Waals surface area (Å²) in [5, 5.41) is 6.75. The zero-order valence-electron chi connectivity index (χ0n) is 14.4. The minimum absolute atomic E-state index is 0.166. The lowest BCUT2D eigenvalue weighted by molar-refractivity contribution is -0.117. The molecule has 8 heteroatoms. The second kappa shape index (κ2) is 8.20. The van der Waals surface area contributed by atoms with Gasteiger partial charge in [-0.25, -0.2) is 4.98 Å². The topological polar surface area (TPSA) is 84.2 Å². The summed E-state index contributed by atoms with van der Waals surface area (Å²) in [7, 11) is 1.81. The predicted octanol–water partition coefficient (Wildman–Crippen LogP) is 3.27. The van der Waals surface area contributed by atoms with Gasteiger partial charge >= 0.3 is 0 Å². The van der Waals surface area contributed by atoms with E-state index in [1.54, 1.807) is 17.2 Å². The number of halogens is 1. The van der Waals surface area contributed by atoms with E-state index in [4.69, 9.17) is 4.52 Å². The first-order valence-corrected chi connectivity index (χ1v) is 8.78. The van der Waals surface area contributed by atoms with Crippen molar-refractivity contribution in [2.75, 3.05) is 18.9 Å². The van der Waals surface area contributed by atoms with Gasteiger partial charge in [0, 0.05) is 16.2 Å². The molecule has 0 radical (unpaired) electrons. The van der Waals surface area contributed by atoms with Gasteiger partial charge in [0.25, 0.3) is 0 Å². The third-order valence-electron chi connectivity index (χ3n) is 3.56. The van der Waals surface area contributed by atoms with Gasteiger partial charge in [-0.3, -0.25) is 9.69 Å². The number of carbonyl (C=O) groups excluding carboxylic acids is 1. The van der Waals surface area contributed by atoms with Crippen molar-refractivity contribution in [3.05, 3.63) is 58.5 Å². The molecule has 3 aromatic rings. The largest absolute Gasteiger partial charge is 0.338 e. The molecule has 0 aliphatic heterocycles. The number of pyridine rings is 1. The molecule has 0 bridgehead atoms. The van der Waals surface area contributed by atoms with Gasteiger partial charge in [-0.05, 0) is 48.1 Å². The van der Waals surface area contributed by atoms with Crippen molar-refractivity contribution >= 4 is 27.7 Å². The number of aryl methyl sites for hydroxylation is 1. The Bertz CT molecular complexity index is 895. The van der Waals surface area contributed by atoms with Crippen LogP contribution in [-0.4, -0.2) is 39.5 Å².